The number of anilines is 1. The molecule has 2 aromatic carbocycles. The number of rotatable bonds is 8. The van der Waals surface area contributed by atoms with Gasteiger partial charge in [0.2, 0.25) is 0 Å². The van der Waals surface area contributed by atoms with Crippen molar-refractivity contribution in [3.05, 3.63) is 53.3 Å². The van der Waals surface area contributed by atoms with Gasteiger partial charge in [0, 0.05) is 38.8 Å². The van der Waals surface area contributed by atoms with E-state index < -0.39 is 0 Å². The Morgan fingerprint density at radius 2 is 1.83 bits per heavy atom. The zero-order valence-electron chi connectivity index (χ0n) is 17.6. The fourth-order valence-electron chi connectivity index (χ4n) is 2.70. The molecule has 0 aliphatic heterocycles. The molecule has 6 nitrogen and oxygen atoms in total. The largest absolute Gasteiger partial charge is 0.497 e. The van der Waals surface area contributed by atoms with Crippen LogP contribution < -0.4 is 25.0 Å². The zero-order chi connectivity index (χ0) is 20.5. The normalized spacial score (nSPS) is 10.8. The van der Waals surface area contributed by atoms with Gasteiger partial charge in [-0.3, -0.25) is 0 Å². The minimum atomic E-state index is -0.251. The molecule has 0 fully saturated rings. The molecule has 2 rings (SSSR count). The average Bonchev–Trinajstić information content (AvgIpc) is 2.69. The van der Waals surface area contributed by atoms with E-state index >= 15 is 0 Å². The lowest BCUT2D eigenvalue weighted by Crippen LogP contribution is -2.36. The molecule has 0 aliphatic carbocycles. The Morgan fingerprint density at radius 3 is 2.41 bits per heavy atom. The molecule has 0 amide bonds. The van der Waals surface area contributed by atoms with Gasteiger partial charge in [0.15, 0.2) is 5.96 Å². The van der Waals surface area contributed by atoms with E-state index in [0.717, 1.165) is 29.2 Å². The molecule has 2 N–H and O–H groups in total. The maximum absolute atomic E-state index is 14.1. The fourth-order valence-corrected chi connectivity index (χ4v) is 2.70. The van der Waals surface area contributed by atoms with Gasteiger partial charge in [-0.05, 0) is 36.8 Å². The minimum Gasteiger partial charge on any atom is -0.497 e. The number of halogens is 2. The Morgan fingerprint density at radius 1 is 1.07 bits per heavy atom. The quantitative estimate of drug-likeness (QED) is 0.318. The van der Waals surface area contributed by atoms with Crippen LogP contribution in [0.2, 0.25) is 0 Å². The summed E-state index contributed by atoms with van der Waals surface area (Å²) in [5.41, 5.74) is 2.35. The maximum Gasteiger partial charge on any atom is 0.191 e. The van der Waals surface area contributed by atoms with Crippen molar-refractivity contribution in [3.8, 4) is 11.5 Å². The molecule has 0 saturated carbocycles. The van der Waals surface area contributed by atoms with Crippen molar-refractivity contribution in [1.82, 2.24) is 10.6 Å². The van der Waals surface area contributed by atoms with Crippen molar-refractivity contribution < 1.29 is 13.9 Å². The van der Waals surface area contributed by atoms with E-state index in [1.165, 1.54) is 6.07 Å². The predicted octanol–water partition coefficient (Wildman–Crippen LogP) is 3.78. The molecule has 160 valence electrons. The number of hydrogen-bond acceptors (Lipinski definition) is 4. The van der Waals surface area contributed by atoms with Crippen LogP contribution in [0.3, 0.4) is 0 Å². The second-order valence-corrected chi connectivity index (χ2v) is 6.41. The molecule has 0 bridgehead atoms. The molecule has 0 atom stereocenters. The Kier molecular flexibility index (Phi) is 10.6. The first-order valence-electron chi connectivity index (χ1n) is 9.17. The van der Waals surface area contributed by atoms with Crippen LogP contribution in [0.4, 0.5) is 10.1 Å². The van der Waals surface area contributed by atoms with Crippen LogP contribution >= 0.6 is 24.0 Å². The number of guanidine groups is 1. The summed E-state index contributed by atoms with van der Waals surface area (Å²) in [5.74, 6) is 1.88. The number of hydrogen-bond donors (Lipinski definition) is 2. The molecule has 0 unspecified atom stereocenters. The Hall–Kier alpha value is -2.23. The molecule has 0 heterocycles. The lowest BCUT2D eigenvalue weighted by molar-refractivity contribution is 0.390. The van der Waals surface area contributed by atoms with Gasteiger partial charge in [-0.2, -0.15) is 0 Å². The standard InChI is InChI=1S/C21H29FN4O2.HI/c1-6-23-21(24-13-15-7-10-19(26(2)3)18(22)11-15)25-14-16-8-9-17(27-4)12-20(16)28-5;/h7-12H,6,13-14H2,1-5H3,(H2,23,24,25);1H. The monoisotopic (exact) mass is 516 g/mol. The second-order valence-electron chi connectivity index (χ2n) is 6.41. The number of ether oxygens (including phenoxy) is 2. The van der Waals surface area contributed by atoms with E-state index in [0.29, 0.717) is 24.7 Å². The Balaban J connectivity index is 0.00000420. The van der Waals surface area contributed by atoms with Crippen LogP contribution in [-0.2, 0) is 13.1 Å². The SMILES string of the molecule is CCNC(=NCc1ccc(N(C)C)c(F)c1)NCc1ccc(OC)cc1OC.I. The highest BCUT2D eigenvalue weighted by atomic mass is 127. The second kappa shape index (κ2) is 12.4. The minimum absolute atomic E-state index is 0. The van der Waals surface area contributed by atoms with Crippen LogP contribution in [0.25, 0.3) is 0 Å². The molecule has 0 spiro atoms. The van der Waals surface area contributed by atoms with Crippen molar-refractivity contribution in [1.29, 1.82) is 0 Å². The number of benzene rings is 2. The molecule has 0 aromatic heterocycles. The average molecular weight is 516 g/mol. The summed E-state index contributed by atoms with van der Waals surface area (Å²) in [6, 6.07) is 10.9. The number of nitrogens with zero attached hydrogens (tertiary/aromatic N) is 2. The van der Waals surface area contributed by atoms with Gasteiger partial charge in [0.1, 0.15) is 17.3 Å². The summed E-state index contributed by atoms with van der Waals surface area (Å²) < 4.78 is 24.8. The van der Waals surface area contributed by atoms with Crippen molar-refractivity contribution in [2.45, 2.75) is 20.0 Å². The van der Waals surface area contributed by atoms with E-state index in [1.54, 1.807) is 25.2 Å². The highest BCUT2D eigenvalue weighted by Crippen LogP contribution is 2.24. The summed E-state index contributed by atoms with van der Waals surface area (Å²) in [5, 5.41) is 6.48. The van der Waals surface area contributed by atoms with Crippen molar-refractivity contribution in [2.24, 2.45) is 4.99 Å². The van der Waals surface area contributed by atoms with E-state index in [4.69, 9.17) is 9.47 Å². The number of aliphatic imine (C=N–C) groups is 1. The molecule has 0 saturated heterocycles. The van der Waals surface area contributed by atoms with Crippen LogP contribution in [0.5, 0.6) is 11.5 Å². The predicted molar refractivity (Wildman–Crippen MR) is 127 cm³/mol. The van der Waals surface area contributed by atoms with Crippen molar-refractivity contribution in [2.75, 3.05) is 39.8 Å². The van der Waals surface area contributed by atoms with Gasteiger partial charge < -0.3 is 25.0 Å². The molecular weight excluding hydrogens is 486 g/mol. The molecular formula is C21H30FIN4O2. The number of nitrogens with one attached hydrogen (secondary N) is 2. The first-order valence-corrected chi connectivity index (χ1v) is 9.17. The molecule has 2 aromatic rings. The first kappa shape index (κ1) is 24.8. The third-order valence-electron chi connectivity index (χ3n) is 4.20. The number of methoxy groups -OCH3 is 2. The molecule has 0 radical (unpaired) electrons. The third-order valence-corrected chi connectivity index (χ3v) is 4.20. The third kappa shape index (κ3) is 7.26. The van der Waals surface area contributed by atoms with Crippen molar-refractivity contribution >= 4 is 35.6 Å². The van der Waals surface area contributed by atoms with Crippen LogP contribution in [0, 0.1) is 5.82 Å². The van der Waals surface area contributed by atoms with Gasteiger partial charge in [-0.25, -0.2) is 9.38 Å². The van der Waals surface area contributed by atoms with E-state index in [9.17, 15) is 4.39 Å². The highest BCUT2D eigenvalue weighted by molar-refractivity contribution is 14.0. The van der Waals surface area contributed by atoms with Crippen molar-refractivity contribution in [3.63, 3.8) is 0 Å². The van der Waals surface area contributed by atoms with E-state index in [-0.39, 0.29) is 29.8 Å². The zero-order valence-corrected chi connectivity index (χ0v) is 19.9. The van der Waals surface area contributed by atoms with Crippen LogP contribution in [0.15, 0.2) is 41.4 Å². The van der Waals surface area contributed by atoms with Gasteiger partial charge in [-0.1, -0.05) is 6.07 Å². The Bertz CT molecular complexity index is 815. The summed E-state index contributed by atoms with van der Waals surface area (Å²) in [6.45, 7) is 3.63. The fraction of sp³-hybridized carbons (Fsp3) is 0.381. The van der Waals surface area contributed by atoms with Gasteiger partial charge >= 0.3 is 0 Å². The Labute approximate surface area is 189 Å². The highest BCUT2D eigenvalue weighted by Gasteiger charge is 2.08. The smallest absolute Gasteiger partial charge is 0.191 e. The first-order chi connectivity index (χ1) is 13.5. The van der Waals surface area contributed by atoms with Gasteiger partial charge in [0.25, 0.3) is 0 Å². The summed E-state index contributed by atoms with van der Waals surface area (Å²) in [4.78, 5) is 6.30. The van der Waals surface area contributed by atoms with Gasteiger partial charge in [0.05, 0.1) is 26.5 Å². The lowest BCUT2D eigenvalue weighted by Gasteiger charge is -2.15. The van der Waals surface area contributed by atoms with E-state index in [2.05, 4.69) is 15.6 Å². The van der Waals surface area contributed by atoms with E-state index in [1.807, 2.05) is 45.3 Å². The molecule has 8 heteroatoms. The summed E-state index contributed by atoms with van der Waals surface area (Å²) >= 11 is 0. The summed E-state index contributed by atoms with van der Waals surface area (Å²) in [7, 11) is 6.88. The van der Waals surface area contributed by atoms with Crippen LogP contribution in [0.1, 0.15) is 18.1 Å². The van der Waals surface area contributed by atoms with Crippen LogP contribution in [-0.4, -0.2) is 40.8 Å². The molecule has 0 aliphatic rings. The molecule has 29 heavy (non-hydrogen) atoms. The lowest BCUT2D eigenvalue weighted by atomic mass is 10.2. The topological polar surface area (TPSA) is 58.1 Å². The maximum atomic E-state index is 14.1. The summed E-state index contributed by atoms with van der Waals surface area (Å²) in [6.07, 6.45) is 0. The van der Waals surface area contributed by atoms with Gasteiger partial charge in [-0.15, -0.1) is 24.0 Å².